The number of nitro groups is 1. The first-order valence-corrected chi connectivity index (χ1v) is 9.09. The maximum absolute atomic E-state index is 11.6. The number of nitrogens with one attached hydrogen (secondary N) is 1. The fraction of sp³-hybridized carbons (Fsp3) is 0.0909. The molecule has 0 heterocycles. The lowest BCUT2D eigenvalue weighted by atomic mass is 10.1. The zero-order chi connectivity index (χ0) is 21.5. The smallest absolute Gasteiger partial charge is 0.270 e. The van der Waals surface area contributed by atoms with Gasteiger partial charge < -0.3 is 16.0 Å². The molecular formula is C22H19N5O3. The number of anilines is 3. The average molecular weight is 401 g/mol. The molecule has 0 saturated carbocycles. The molecule has 0 saturated heterocycles. The van der Waals surface area contributed by atoms with Crippen molar-refractivity contribution in [2.45, 2.75) is 6.54 Å². The number of nitrogens with zero attached hydrogens (tertiary/aromatic N) is 3. The van der Waals surface area contributed by atoms with Gasteiger partial charge in [-0.1, -0.05) is 36.4 Å². The molecule has 0 atom stereocenters. The fourth-order valence-electron chi connectivity index (χ4n) is 3.01. The van der Waals surface area contributed by atoms with Gasteiger partial charge in [0.25, 0.3) is 5.69 Å². The summed E-state index contributed by atoms with van der Waals surface area (Å²) >= 11 is 0. The number of carbonyl (C=O) groups is 1. The van der Waals surface area contributed by atoms with E-state index in [1.807, 2.05) is 59.5 Å². The minimum atomic E-state index is -0.545. The van der Waals surface area contributed by atoms with Crippen LogP contribution in [0.3, 0.4) is 0 Å². The molecule has 0 unspecified atom stereocenters. The van der Waals surface area contributed by atoms with Gasteiger partial charge in [0.1, 0.15) is 6.07 Å². The van der Waals surface area contributed by atoms with E-state index in [0.717, 1.165) is 11.3 Å². The molecule has 0 aliphatic carbocycles. The zero-order valence-electron chi connectivity index (χ0n) is 16.0. The Kier molecular flexibility index (Phi) is 6.25. The third-order valence-electron chi connectivity index (χ3n) is 4.39. The van der Waals surface area contributed by atoms with Gasteiger partial charge in [-0.05, 0) is 29.8 Å². The number of non-ortho nitro benzene ring substituents is 1. The molecule has 3 N–H and O–H groups in total. The zero-order valence-corrected chi connectivity index (χ0v) is 16.0. The number of carbonyl (C=O) groups excluding carboxylic acids is 1. The van der Waals surface area contributed by atoms with E-state index in [9.17, 15) is 20.2 Å². The number of rotatable bonds is 8. The molecular weight excluding hydrogens is 382 g/mol. The van der Waals surface area contributed by atoms with Crippen molar-refractivity contribution in [1.82, 2.24) is 0 Å². The number of nitro benzene ring substituents is 1. The second-order valence-electron chi connectivity index (χ2n) is 6.58. The van der Waals surface area contributed by atoms with Gasteiger partial charge in [0.15, 0.2) is 0 Å². The van der Waals surface area contributed by atoms with Gasteiger partial charge in [-0.2, -0.15) is 5.26 Å². The van der Waals surface area contributed by atoms with E-state index in [2.05, 4.69) is 5.32 Å². The highest BCUT2D eigenvalue weighted by molar-refractivity contribution is 5.80. The average Bonchev–Trinajstić information content (AvgIpc) is 2.74. The molecule has 3 aromatic rings. The number of benzene rings is 3. The minimum Gasteiger partial charge on any atom is -0.368 e. The molecule has 30 heavy (non-hydrogen) atoms. The Morgan fingerprint density at radius 2 is 1.87 bits per heavy atom. The third kappa shape index (κ3) is 5.11. The molecule has 0 spiro atoms. The Hall–Kier alpha value is -4.38. The predicted molar refractivity (Wildman–Crippen MR) is 114 cm³/mol. The first-order valence-electron chi connectivity index (χ1n) is 9.09. The van der Waals surface area contributed by atoms with Crippen molar-refractivity contribution in [2.75, 3.05) is 16.8 Å². The molecule has 3 rings (SSSR count). The second-order valence-corrected chi connectivity index (χ2v) is 6.58. The lowest BCUT2D eigenvalue weighted by molar-refractivity contribution is -0.384. The van der Waals surface area contributed by atoms with Crippen molar-refractivity contribution in [3.05, 3.63) is 94.0 Å². The van der Waals surface area contributed by atoms with E-state index in [-0.39, 0.29) is 17.8 Å². The summed E-state index contributed by atoms with van der Waals surface area (Å²) in [4.78, 5) is 23.8. The van der Waals surface area contributed by atoms with E-state index in [1.54, 1.807) is 6.07 Å². The van der Waals surface area contributed by atoms with Crippen molar-refractivity contribution >= 4 is 28.7 Å². The van der Waals surface area contributed by atoms with Crippen LogP contribution >= 0.6 is 0 Å². The van der Waals surface area contributed by atoms with Gasteiger partial charge in [-0.15, -0.1) is 0 Å². The van der Waals surface area contributed by atoms with Gasteiger partial charge in [-0.25, -0.2) is 0 Å². The summed E-state index contributed by atoms with van der Waals surface area (Å²) < 4.78 is 0. The monoisotopic (exact) mass is 401 g/mol. The molecule has 0 aliphatic heterocycles. The van der Waals surface area contributed by atoms with E-state index in [4.69, 9.17) is 5.73 Å². The van der Waals surface area contributed by atoms with Crippen molar-refractivity contribution in [3.8, 4) is 6.07 Å². The molecule has 0 aliphatic rings. The number of nitriles is 1. The maximum Gasteiger partial charge on any atom is 0.270 e. The van der Waals surface area contributed by atoms with E-state index < -0.39 is 10.8 Å². The minimum absolute atomic E-state index is 0.0410. The van der Waals surface area contributed by atoms with Crippen LogP contribution in [0.5, 0.6) is 0 Å². The van der Waals surface area contributed by atoms with Crippen LogP contribution in [0.4, 0.5) is 22.7 Å². The largest absolute Gasteiger partial charge is 0.368 e. The molecule has 1 amide bonds. The van der Waals surface area contributed by atoms with Crippen molar-refractivity contribution in [2.24, 2.45) is 5.73 Å². The highest BCUT2D eigenvalue weighted by Gasteiger charge is 2.13. The van der Waals surface area contributed by atoms with Crippen LogP contribution in [0.25, 0.3) is 0 Å². The Morgan fingerprint density at radius 1 is 1.10 bits per heavy atom. The SMILES string of the molecule is N#Cc1cc([N+](=O)[O-])ccc1Nc1cccc(N(CC(N)=O)Cc2ccccc2)c1. The standard InChI is InChI=1S/C22H19N5O3/c23-13-17-11-20(27(29)30)9-10-21(17)25-18-7-4-8-19(12-18)26(15-22(24)28)14-16-5-2-1-3-6-16/h1-12,25H,14-15H2,(H2,24,28). The van der Waals surface area contributed by atoms with Crippen LogP contribution in [0.1, 0.15) is 11.1 Å². The van der Waals surface area contributed by atoms with Crippen LogP contribution in [0.15, 0.2) is 72.8 Å². The number of nitrogens with two attached hydrogens (primary N) is 1. The molecule has 8 heteroatoms. The van der Waals surface area contributed by atoms with Crippen LogP contribution in [0, 0.1) is 21.4 Å². The molecule has 0 bridgehead atoms. The lowest BCUT2D eigenvalue weighted by Crippen LogP contribution is -2.33. The highest BCUT2D eigenvalue weighted by Crippen LogP contribution is 2.27. The van der Waals surface area contributed by atoms with Gasteiger partial charge in [0.05, 0.1) is 22.7 Å². The number of primary amides is 1. The van der Waals surface area contributed by atoms with Gasteiger partial charge in [0, 0.05) is 30.1 Å². The molecule has 0 fully saturated rings. The first kappa shape index (κ1) is 20.4. The summed E-state index contributed by atoms with van der Waals surface area (Å²) in [6.07, 6.45) is 0. The number of hydrogen-bond acceptors (Lipinski definition) is 6. The molecule has 150 valence electrons. The molecule has 8 nitrogen and oxygen atoms in total. The van der Waals surface area contributed by atoms with Crippen LogP contribution in [0.2, 0.25) is 0 Å². The topological polar surface area (TPSA) is 125 Å². The van der Waals surface area contributed by atoms with E-state index in [0.29, 0.717) is 17.9 Å². The number of hydrogen-bond donors (Lipinski definition) is 2. The Balaban J connectivity index is 1.88. The van der Waals surface area contributed by atoms with Crippen molar-refractivity contribution in [1.29, 1.82) is 5.26 Å². The van der Waals surface area contributed by atoms with Gasteiger partial charge in [-0.3, -0.25) is 14.9 Å². The van der Waals surface area contributed by atoms with Gasteiger partial charge in [0.2, 0.25) is 5.91 Å². The summed E-state index contributed by atoms with van der Waals surface area (Å²) in [6, 6.07) is 23.0. The third-order valence-corrected chi connectivity index (χ3v) is 4.39. The quantitative estimate of drug-likeness (QED) is 0.438. The van der Waals surface area contributed by atoms with Gasteiger partial charge >= 0.3 is 0 Å². The number of amides is 1. The Morgan fingerprint density at radius 3 is 2.53 bits per heavy atom. The summed E-state index contributed by atoms with van der Waals surface area (Å²) in [6.45, 7) is 0.535. The maximum atomic E-state index is 11.6. The normalized spacial score (nSPS) is 10.1. The highest BCUT2D eigenvalue weighted by atomic mass is 16.6. The molecule has 0 radical (unpaired) electrons. The van der Waals surface area contributed by atoms with Crippen LogP contribution in [-0.4, -0.2) is 17.4 Å². The molecule has 0 aromatic heterocycles. The summed E-state index contributed by atoms with van der Waals surface area (Å²) in [7, 11) is 0. The summed E-state index contributed by atoms with van der Waals surface area (Å²) in [5.41, 5.74) is 8.35. The summed E-state index contributed by atoms with van der Waals surface area (Å²) in [5, 5.41) is 23.4. The second kappa shape index (κ2) is 9.21. The lowest BCUT2D eigenvalue weighted by Gasteiger charge is -2.24. The first-order chi connectivity index (χ1) is 14.5. The van der Waals surface area contributed by atoms with Crippen LogP contribution < -0.4 is 16.0 Å². The van der Waals surface area contributed by atoms with E-state index >= 15 is 0 Å². The fourth-order valence-corrected chi connectivity index (χ4v) is 3.01. The van der Waals surface area contributed by atoms with Crippen molar-refractivity contribution < 1.29 is 9.72 Å². The summed E-state index contributed by atoms with van der Waals surface area (Å²) in [5.74, 6) is -0.452. The molecule has 3 aromatic carbocycles. The van der Waals surface area contributed by atoms with Crippen molar-refractivity contribution in [3.63, 3.8) is 0 Å². The Labute approximate surface area is 173 Å². The van der Waals surface area contributed by atoms with E-state index in [1.165, 1.54) is 18.2 Å². The Bertz CT molecular complexity index is 1110. The van der Waals surface area contributed by atoms with Crippen LogP contribution in [-0.2, 0) is 11.3 Å². The predicted octanol–water partition coefficient (Wildman–Crippen LogP) is 3.70.